The largest absolute Gasteiger partial charge is 0.460 e. The van der Waals surface area contributed by atoms with E-state index in [2.05, 4.69) is 4.98 Å². The number of rotatable bonds is 6. The Kier molecular flexibility index (Phi) is 6.78. The second-order valence-electron chi connectivity index (χ2n) is 7.95. The van der Waals surface area contributed by atoms with Crippen molar-refractivity contribution in [3.63, 3.8) is 0 Å². The Hall–Kier alpha value is -2.81. The van der Waals surface area contributed by atoms with Crippen molar-refractivity contribution in [2.24, 2.45) is 0 Å². The highest BCUT2D eigenvalue weighted by Crippen LogP contribution is 2.27. The Morgan fingerprint density at radius 1 is 1.12 bits per heavy atom. The van der Waals surface area contributed by atoms with Crippen molar-refractivity contribution in [1.82, 2.24) is 9.29 Å². The number of hydrogen-bond acceptors (Lipinski definition) is 6. The molecule has 0 bridgehead atoms. The van der Waals surface area contributed by atoms with Gasteiger partial charge < -0.3 is 4.74 Å². The lowest BCUT2D eigenvalue weighted by atomic mass is 10.1. The summed E-state index contributed by atoms with van der Waals surface area (Å²) in [4.78, 5) is 28.8. The second kappa shape index (κ2) is 9.59. The van der Waals surface area contributed by atoms with Crippen molar-refractivity contribution in [2.45, 2.75) is 43.7 Å². The third-order valence-electron chi connectivity index (χ3n) is 5.71. The molecule has 33 heavy (non-hydrogen) atoms. The smallest absolute Gasteiger partial charge is 0.324 e. The summed E-state index contributed by atoms with van der Waals surface area (Å²) in [5, 5.41) is 1.10. The molecule has 1 unspecified atom stereocenters. The number of esters is 1. The van der Waals surface area contributed by atoms with Crippen molar-refractivity contribution in [3.8, 4) is 0 Å². The third-order valence-corrected chi connectivity index (χ3v) is 7.96. The maximum atomic E-state index is 13.3. The van der Waals surface area contributed by atoms with Gasteiger partial charge in [-0.15, -0.1) is 0 Å². The van der Waals surface area contributed by atoms with Crippen molar-refractivity contribution in [1.29, 1.82) is 0 Å². The number of Topliss-reactive ketones (excluding diaryl/α,β-unsaturated/α-hetero) is 1. The van der Waals surface area contributed by atoms with Crippen molar-refractivity contribution in [3.05, 3.63) is 70.9 Å². The van der Waals surface area contributed by atoms with Crippen LogP contribution in [0, 0.1) is 0 Å². The minimum atomic E-state index is -3.94. The number of hydrogen-bond donors (Lipinski definition) is 0. The van der Waals surface area contributed by atoms with Crippen LogP contribution in [0.1, 0.15) is 42.1 Å². The molecule has 7 nitrogen and oxygen atoms in total. The zero-order valence-corrected chi connectivity index (χ0v) is 19.6. The minimum absolute atomic E-state index is 0.0361. The zero-order valence-electron chi connectivity index (χ0n) is 18.0. The van der Waals surface area contributed by atoms with E-state index in [1.54, 1.807) is 0 Å². The first-order valence-electron chi connectivity index (χ1n) is 10.6. The van der Waals surface area contributed by atoms with Crippen LogP contribution in [0.3, 0.4) is 0 Å². The first-order chi connectivity index (χ1) is 15.8. The number of nitrogens with zero attached hydrogens (tertiary/aromatic N) is 2. The molecule has 1 aliphatic rings. The number of sulfonamides is 1. The van der Waals surface area contributed by atoms with E-state index < -0.39 is 22.0 Å². The molecule has 0 saturated carbocycles. The fraction of sp³-hybridized carbons (Fsp3) is 0.292. The van der Waals surface area contributed by atoms with Gasteiger partial charge in [-0.2, -0.15) is 4.31 Å². The number of fused-ring (bicyclic) bond motifs is 1. The molecule has 2 aromatic carbocycles. The molecule has 1 aromatic heterocycles. The van der Waals surface area contributed by atoms with E-state index in [1.165, 1.54) is 35.5 Å². The first-order valence-corrected chi connectivity index (χ1v) is 12.4. The van der Waals surface area contributed by atoms with Crippen LogP contribution >= 0.6 is 11.6 Å². The van der Waals surface area contributed by atoms with Gasteiger partial charge >= 0.3 is 5.97 Å². The quantitative estimate of drug-likeness (QED) is 0.291. The van der Waals surface area contributed by atoms with Crippen LogP contribution in [0.4, 0.5) is 0 Å². The van der Waals surface area contributed by atoms with Crippen LogP contribution in [0.15, 0.2) is 59.5 Å². The summed E-state index contributed by atoms with van der Waals surface area (Å²) in [6.07, 6.45) is 1.73. The highest BCUT2D eigenvalue weighted by atomic mass is 35.5. The van der Waals surface area contributed by atoms with E-state index in [0.29, 0.717) is 30.4 Å². The Bertz CT molecular complexity index is 1310. The Balaban J connectivity index is 1.52. The van der Waals surface area contributed by atoms with Crippen molar-refractivity contribution in [2.75, 3.05) is 6.54 Å². The molecule has 2 heterocycles. The van der Waals surface area contributed by atoms with Gasteiger partial charge in [-0.25, -0.2) is 13.4 Å². The average Bonchev–Trinajstić information content (AvgIpc) is 2.82. The number of para-hydroxylation sites is 1. The molecule has 0 spiro atoms. The number of ketones is 1. The number of piperidine rings is 1. The number of halogens is 1. The number of benzene rings is 2. The average molecular weight is 487 g/mol. The highest BCUT2D eigenvalue weighted by Gasteiger charge is 2.38. The number of carbonyl (C=O) groups is 2. The van der Waals surface area contributed by atoms with Crippen LogP contribution in [0.5, 0.6) is 0 Å². The summed E-state index contributed by atoms with van der Waals surface area (Å²) in [5.41, 5.74) is 1.70. The predicted molar refractivity (Wildman–Crippen MR) is 125 cm³/mol. The lowest BCUT2D eigenvalue weighted by Crippen LogP contribution is -2.48. The van der Waals surface area contributed by atoms with Gasteiger partial charge in [0.2, 0.25) is 10.0 Å². The van der Waals surface area contributed by atoms with E-state index in [0.717, 1.165) is 10.9 Å². The van der Waals surface area contributed by atoms with Crippen LogP contribution in [0.25, 0.3) is 10.9 Å². The van der Waals surface area contributed by atoms with Crippen LogP contribution in [-0.2, 0) is 26.2 Å². The number of aromatic nitrogens is 1. The van der Waals surface area contributed by atoms with Crippen molar-refractivity contribution < 1.29 is 22.7 Å². The van der Waals surface area contributed by atoms with Gasteiger partial charge in [0.15, 0.2) is 5.78 Å². The maximum Gasteiger partial charge on any atom is 0.324 e. The molecule has 0 radical (unpaired) electrons. The molecule has 9 heteroatoms. The van der Waals surface area contributed by atoms with E-state index >= 15 is 0 Å². The van der Waals surface area contributed by atoms with Gasteiger partial charge in [0.25, 0.3) is 0 Å². The Morgan fingerprint density at radius 3 is 2.58 bits per heavy atom. The standard InChI is InChI=1S/C24H23ClN2O5S/c1-16(28)17-9-11-20(12-10-17)33(30,31)27-13-5-4-8-22(27)24(29)32-15-19-14-18-6-2-3-7-21(18)26-23(19)25/h2-3,6-7,9-12,14,22H,4-5,8,13,15H2,1H3. The van der Waals surface area contributed by atoms with E-state index in [1.807, 2.05) is 30.3 Å². The summed E-state index contributed by atoms with van der Waals surface area (Å²) in [5.74, 6) is -0.775. The normalized spacial score (nSPS) is 17.1. The summed E-state index contributed by atoms with van der Waals surface area (Å²) in [6, 6.07) is 14.1. The van der Waals surface area contributed by atoms with E-state index in [9.17, 15) is 18.0 Å². The maximum absolute atomic E-state index is 13.3. The molecule has 0 aliphatic carbocycles. The SMILES string of the molecule is CC(=O)c1ccc(S(=O)(=O)N2CCCCC2C(=O)OCc2cc3ccccc3nc2Cl)cc1. The molecule has 4 rings (SSSR count). The molecule has 1 aliphatic heterocycles. The predicted octanol–water partition coefficient (Wildman–Crippen LogP) is 4.38. The van der Waals surface area contributed by atoms with Gasteiger partial charge in [0.1, 0.15) is 17.8 Å². The molecule has 1 saturated heterocycles. The fourth-order valence-corrected chi connectivity index (χ4v) is 5.75. The summed E-state index contributed by atoms with van der Waals surface area (Å²) < 4.78 is 33.2. The lowest BCUT2D eigenvalue weighted by Gasteiger charge is -2.33. The van der Waals surface area contributed by atoms with Crippen molar-refractivity contribution >= 4 is 44.3 Å². The summed E-state index contributed by atoms with van der Waals surface area (Å²) >= 11 is 6.26. The van der Waals surface area contributed by atoms with Gasteiger partial charge in [0.05, 0.1) is 10.4 Å². The van der Waals surface area contributed by atoms with Crippen LogP contribution < -0.4 is 0 Å². The monoisotopic (exact) mass is 486 g/mol. The molecule has 1 atom stereocenters. The number of ether oxygens (including phenoxy) is 1. The number of pyridine rings is 1. The van der Waals surface area contributed by atoms with Crippen LogP contribution in [-0.4, -0.2) is 42.0 Å². The first kappa shape index (κ1) is 23.4. The molecule has 172 valence electrons. The fourth-order valence-electron chi connectivity index (χ4n) is 3.91. The van der Waals surface area contributed by atoms with Gasteiger partial charge in [-0.1, -0.05) is 41.9 Å². The molecular weight excluding hydrogens is 464 g/mol. The summed E-state index contributed by atoms with van der Waals surface area (Å²) in [6.45, 7) is 1.53. The Morgan fingerprint density at radius 2 is 1.85 bits per heavy atom. The zero-order chi connectivity index (χ0) is 23.6. The van der Waals surface area contributed by atoms with E-state index in [-0.39, 0.29) is 29.0 Å². The number of carbonyl (C=O) groups excluding carboxylic acids is 2. The molecule has 0 amide bonds. The Labute approximate surface area is 197 Å². The van der Waals surface area contributed by atoms with Gasteiger partial charge in [-0.05, 0) is 50.5 Å². The molecule has 3 aromatic rings. The summed E-state index contributed by atoms with van der Waals surface area (Å²) in [7, 11) is -3.94. The van der Waals surface area contributed by atoms with Gasteiger partial charge in [0, 0.05) is 23.1 Å². The highest BCUT2D eigenvalue weighted by molar-refractivity contribution is 7.89. The molecule has 1 fully saturated rings. The third kappa shape index (κ3) is 4.93. The lowest BCUT2D eigenvalue weighted by molar-refractivity contribution is -0.150. The van der Waals surface area contributed by atoms with Gasteiger partial charge in [-0.3, -0.25) is 9.59 Å². The molecular formula is C24H23ClN2O5S. The molecule has 0 N–H and O–H groups in total. The minimum Gasteiger partial charge on any atom is -0.460 e. The second-order valence-corrected chi connectivity index (χ2v) is 10.2. The van der Waals surface area contributed by atoms with E-state index in [4.69, 9.17) is 16.3 Å². The topological polar surface area (TPSA) is 93.6 Å². The van der Waals surface area contributed by atoms with Crippen LogP contribution in [0.2, 0.25) is 5.15 Å².